The van der Waals surface area contributed by atoms with Gasteiger partial charge in [-0.3, -0.25) is 21.3 Å². The smallest absolute Gasteiger partial charge is 0.338 e. The van der Waals surface area contributed by atoms with Crippen LogP contribution in [-0.4, -0.2) is 49.9 Å². The van der Waals surface area contributed by atoms with Crippen molar-refractivity contribution < 1.29 is 33.6 Å². The van der Waals surface area contributed by atoms with E-state index in [-0.39, 0.29) is 35.6 Å². The Balaban J connectivity index is 0.00000512. The summed E-state index contributed by atoms with van der Waals surface area (Å²) >= 11 is 0. The van der Waals surface area contributed by atoms with Crippen LogP contribution in [0.1, 0.15) is 50.5 Å². The summed E-state index contributed by atoms with van der Waals surface area (Å²) in [6.45, 7) is 2.17. The molecule has 2 rings (SSSR count). The number of hydrogen-bond acceptors (Lipinski definition) is 5. The maximum atomic E-state index is 13.2. The van der Waals surface area contributed by atoms with Crippen LogP contribution in [0, 0.1) is 6.92 Å². The van der Waals surface area contributed by atoms with E-state index in [9.17, 15) is 23.1 Å². The monoisotopic (exact) mass is 471 g/mol. The van der Waals surface area contributed by atoms with E-state index in [0.29, 0.717) is 25.8 Å². The van der Waals surface area contributed by atoms with E-state index in [1.807, 2.05) is 6.92 Å². The summed E-state index contributed by atoms with van der Waals surface area (Å²) in [6.07, 6.45) is 3.17. The highest BCUT2D eigenvalue weighted by Crippen LogP contribution is 2.30. The number of carboxylic acid groups (broad SMARTS) is 1. The number of aliphatic carboxylic acids is 1. The van der Waals surface area contributed by atoms with Crippen LogP contribution in [0.4, 0.5) is 0 Å². The molecule has 0 aliphatic heterocycles. The van der Waals surface area contributed by atoms with E-state index >= 15 is 0 Å². The van der Waals surface area contributed by atoms with Crippen LogP contribution < -0.4 is 31.6 Å². The molecule has 1 atom stereocenters. The highest BCUT2D eigenvalue weighted by Gasteiger charge is 2.43. The Bertz CT molecular complexity index is 907. The van der Waals surface area contributed by atoms with Gasteiger partial charge in [0.15, 0.2) is 0 Å². The maximum absolute atomic E-state index is 13.2. The second-order valence-corrected chi connectivity index (χ2v) is 9.61. The van der Waals surface area contributed by atoms with Gasteiger partial charge in [-0.05, 0) is 44.7 Å². The Labute approximate surface area is 188 Å². The molecule has 180 valence electrons. The molecule has 0 spiro atoms. The summed E-state index contributed by atoms with van der Waals surface area (Å²) < 4.78 is 28.5. The largest absolute Gasteiger partial charge is 0.548 e. The molecule has 1 fully saturated rings. The minimum atomic E-state index is -3.98. The van der Waals surface area contributed by atoms with Gasteiger partial charge in [0.25, 0.3) is 0 Å². The van der Waals surface area contributed by atoms with Gasteiger partial charge in [-0.15, -0.1) is 0 Å². The normalized spacial score (nSPS) is 16.3. The lowest BCUT2D eigenvalue weighted by Crippen LogP contribution is -2.78. The molecule has 0 aromatic heterocycles. The van der Waals surface area contributed by atoms with Crippen LogP contribution >= 0.6 is 0 Å². The lowest BCUT2D eigenvalue weighted by molar-refractivity contribution is -0.459. The van der Waals surface area contributed by atoms with Gasteiger partial charge >= 0.3 is 5.96 Å². The van der Waals surface area contributed by atoms with Crippen LogP contribution in [0.15, 0.2) is 29.2 Å². The molecule has 1 aliphatic carbocycles. The predicted molar refractivity (Wildman–Crippen MR) is 116 cm³/mol. The molecule has 0 unspecified atom stereocenters. The molecule has 1 amide bonds. The van der Waals surface area contributed by atoms with Crippen LogP contribution in [-0.2, 0) is 19.6 Å². The third kappa shape index (κ3) is 7.46. The number of amides is 1. The zero-order chi connectivity index (χ0) is 23.1. The van der Waals surface area contributed by atoms with Gasteiger partial charge in [0.1, 0.15) is 5.54 Å². The van der Waals surface area contributed by atoms with Crippen molar-refractivity contribution in [3.8, 4) is 0 Å². The number of carbonyl (C=O) groups excluding carboxylic acids is 2. The second kappa shape index (κ2) is 11.8. The Kier molecular flexibility index (Phi) is 10.1. The van der Waals surface area contributed by atoms with Crippen molar-refractivity contribution >= 4 is 27.9 Å². The fourth-order valence-electron chi connectivity index (χ4n) is 3.65. The van der Waals surface area contributed by atoms with Crippen molar-refractivity contribution in [2.75, 3.05) is 6.54 Å². The first-order chi connectivity index (χ1) is 14.6. The lowest BCUT2D eigenvalue weighted by atomic mass is 9.81. The third-order valence-corrected chi connectivity index (χ3v) is 6.94. The number of benzene rings is 1. The van der Waals surface area contributed by atoms with E-state index in [1.165, 1.54) is 12.1 Å². The van der Waals surface area contributed by atoms with Gasteiger partial charge in [0.2, 0.25) is 15.9 Å². The first kappa shape index (κ1) is 27.3. The fourth-order valence-corrected chi connectivity index (χ4v) is 5.07. The maximum Gasteiger partial charge on any atom is 0.338 e. The number of sulfonamides is 1. The standard InChI is InChI=1S/C20H31N5O5S.H2O/c1-14-7-9-15(10-8-14)31(29,30)25-20(11-3-2-4-12-20)18(28)24-16(17(26)27)6-5-13-23-19(21)22;/h7-10,16,25H,2-6,11-13H2,1H3,(H,24,28)(H,26,27)(H4,21,22,23);1H2/t16-;/m0./s1. The average molecular weight is 472 g/mol. The molecule has 1 aromatic carbocycles. The Morgan fingerprint density at radius 1 is 1.16 bits per heavy atom. The molecule has 32 heavy (non-hydrogen) atoms. The highest BCUT2D eigenvalue weighted by molar-refractivity contribution is 7.89. The highest BCUT2D eigenvalue weighted by atomic mass is 32.2. The minimum absolute atomic E-state index is 0. The third-order valence-electron chi connectivity index (χ3n) is 5.39. The van der Waals surface area contributed by atoms with E-state index in [0.717, 1.165) is 12.0 Å². The molecule has 0 saturated heterocycles. The first-order valence-electron chi connectivity index (χ1n) is 10.3. The minimum Gasteiger partial charge on any atom is -0.548 e. The van der Waals surface area contributed by atoms with Crippen LogP contribution in [0.25, 0.3) is 0 Å². The van der Waals surface area contributed by atoms with Crippen molar-refractivity contribution in [3.05, 3.63) is 29.8 Å². The lowest BCUT2D eigenvalue weighted by Gasteiger charge is -2.37. The zero-order valence-corrected chi connectivity index (χ0v) is 19.0. The summed E-state index contributed by atoms with van der Waals surface area (Å²) in [5.74, 6) is -2.08. The van der Waals surface area contributed by atoms with Gasteiger partial charge in [0.05, 0.1) is 23.5 Å². The summed E-state index contributed by atoms with van der Waals surface area (Å²) in [5, 5.41) is 14.0. The average Bonchev–Trinajstić information content (AvgIpc) is 2.70. The van der Waals surface area contributed by atoms with Crippen LogP contribution in [0.5, 0.6) is 0 Å². The van der Waals surface area contributed by atoms with Crippen LogP contribution in [0.3, 0.4) is 0 Å². The summed E-state index contributed by atoms with van der Waals surface area (Å²) in [4.78, 5) is 27.4. The molecule has 1 aliphatic rings. The van der Waals surface area contributed by atoms with E-state index in [2.05, 4.69) is 15.0 Å². The Hall–Kier alpha value is -2.70. The number of hydrogen-bond donors (Lipinski definition) is 5. The summed E-state index contributed by atoms with van der Waals surface area (Å²) in [7, 11) is -3.98. The summed E-state index contributed by atoms with van der Waals surface area (Å²) in [6, 6.07) is 5.03. The molecule has 0 bridgehead atoms. The van der Waals surface area contributed by atoms with E-state index in [1.54, 1.807) is 12.1 Å². The summed E-state index contributed by atoms with van der Waals surface area (Å²) in [5.41, 5.74) is 10.1. The molecule has 11 nitrogen and oxygen atoms in total. The van der Waals surface area contributed by atoms with Gasteiger partial charge in [-0.25, -0.2) is 8.42 Å². The van der Waals surface area contributed by atoms with Crippen molar-refractivity contribution in [2.24, 2.45) is 11.5 Å². The molecular weight excluding hydrogens is 438 g/mol. The number of rotatable bonds is 10. The number of carbonyl (C=O) groups is 2. The molecule has 9 N–H and O–H groups in total. The van der Waals surface area contributed by atoms with Crippen molar-refractivity contribution in [1.29, 1.82) is 0 Å². The van der Waals surface area contributed by atoms with Gasteiger partial charge in [-0.2, -0.15) is 4.72 Å². The molecular formula is C20H33N5O6S. The van der Waals surface area contributed by atoms with Crippen molar-refractivity contribution in [3.63, 3.8) is 0 Å². The molecule has 1 aromatic rings. The second-order valence-electron chi connectivity index (χ2n) is 7.93. The van der Waals surface area contributed by atoms with Crippen molar-refractivity contribution in [1.82, 2.24) is 10.0 Å². The predicted octanol–water partition coefficient (Wildman–Crippen LogP) is -3.48. The number of nitrogens with one attached hydrogen (secondary N) is 3. The topological polar surface area (TPSA) is 213 Å². The zero-order valence-electron chi connectivity index (χ0n) is 18.1. The van der Waals surface area contributed by atoms with Gasteiger partial charge in [0, 0.05) is 0 Å². The quantitative estimate of drug-likeness (QED) is 0.132. The molecule has 0 radical (unpaired) electrons. The molecule has 1 saturated carbocycles. The Morgan fingerprint density at radius 2 is 1.75 bits per heavy atom. The van der Waals surface area contributed by atoms with E-state index in [4.69, 9.17) is 11.5 Å². The molecule has 12 heteroatoms. The number of nitrogens with two attached hydrogens (primary N) is 2. The fraction of sp³-hybridized carbons (Fsp3) is 0.550. The van der Waals surface area contributed by atoms with Gasteiger partial charge < -0.3 is 20.7 Å². The Morgan fingerprint density at radius 3 is 2.28 bits per heavy atom. The van der Waals surface area contributed by atoms with Crippen LogP contribution in [0.2, 0.25) is 0 Å². The number of aryl methyl sites for hydroxylation is 1. The van der Waals surface area contributed by atoms with Gasteiger partial charge in [-0.1, -0.05) is 37.0 Å². The van der Waals surface area contributed by atoms with E-state index < -0.39 is 33.5 Å². The van der Waals surface area contributed by atoms with Crippen molar-refractivity contribution in [2.45, 2.75) is 68.3 Å². The number of guanidine groups is 1. The first-order valence-corrected chi connectivity index (χ1v) is 11.8. The molecule has 0 heterocycles. The SMILES string of the molecule is Cc1ccc(S(=O)(=O)NC2(C(=O)N[C@@H](CCC[NH+]=C(N)N)C(=O)[O-])CCCCC2)cc1.O. The number of carboxylic acids is 1.